The second-order valence-electron chi connectivity index (χ2n) is 6.72. The summed E-state index contributed by atoms with van der Waals surface area (Å²) in [6.07, 6.45) is 2.07. The van der Waals surface area contributed by atoms with Gasteiger partial charge < -0.3 is 10.2 Å². The molecule has 136 valence electrons. The first-order chi connectivity index (χ1) is 12.5. The van der Waals surface area contributed by atoms with Crippen LogP contribution in [0.4, 0.5) is 10.1 Å². The van der Waals surface area contributed by atoms with Gasteiger partial charge in [0.05, 0.1) is 6.04 Å². The van der Waals surface area contributed by atoms with E-state index < -0.39 is 6.04 Å². The number of fused-ring (bicyclic) bond motifs is 1. The third-order valence-corrected chi connectivity index (χ3v) is 4.65. The second kappa shape index (κ2) is 7.68. The molecule has 0 aromatic heterocycles. The quantitative estimate of drug-likeness (QED) is 0.895. The van der Waals surface area contributed by atoms with E-state index in [1.54, 1.807) is 17.0 Å². The molecule has 2 amide bonds. The number of carbonyl (C=O) groups is 2. The molecule has 0 spiro atoms. The molecule has 1 unspecified atom stereocenters. The van der Waals surface area contributed by atoms with Gasteiger partial charge in [0.25, 0.3) is 0 Å². The molecular formula is C21H23FN2O2. The molecule has 4 nitrogen and oxygen atoms in total. The number of hydrogen-bond donors (Lipinski definition) is 1. The number of nitrogens with zero attached hydrogens (tertiary/aromatic N) is 1. The van der Waals surface area contributed by atoms with E-state index in [4.69, 9.17) is 0 Å². The number of nitrogens with one attached hydrogen (secondary N) is 1. The molecule has 3 rings (SSSR count). The first-order valence-electron chi connectivity index (χ1n) is 8.95. The van der Waals surface area contributed by atoms with Gasteiger partial charge in [-0.1, -0.05) is 43.2 Å². The van der Waals surface area contributed by atoms with E-state index in [0.717, 1.165) is 29.5 Å². The fourth-order valence-electron chi connectivity index (χ4n) is 3.33. The largest absolute Gasteiger partial charge is 0.324 e. The highest BCUT2D eigenvalue weighted by atomic mass is 19.1. The van der Waals surface area contributed by atoms with Gasteiger partial charge in [0.15, 0.2) is 0 Å². The summed E-state index contributed by atoms with van der Waals surface area (Å²) in [6, 6.07) is 11.5. The third-order valence-electron chi connectivity index (χ3n) is 4.65. The fraction of sp³-hybridized carbons (Fsp3) is 0.333. The molecule has 1 atom stereocenters. The lowest BCUT2D eigenvalue weighted by Gasteiger charge is -2.31. The van der Waals surface area contributed by atoms with Crippen molar-refractivity contribution in [3.8, 4) is 0 Å². The highest BCUT2D eigenvalue weighted by Crippen LogP contribution is 2.36. The normalized spacial score (nSPS) is 16.7. The van der Waals surface area contributed by atoms with Crippen LogP contribution < -0.4 is 5.32 Å². The van der Waals surface area contributed by atoms with Crippen molar-refractivity contribution in [3.05, 3.63) is 65.0 Å². The molecule has 0 fully saturated rings. The Hall–Kier alpha value is -2.69. The lowest BCUT2D eigenvalue weighted by molar-refractivity contribution is -0.136. The van der Waals surface area contributed by atoms with Gasteiger partial charge in [-0.15, -0.1) is 0 Å². The molecule has 0 bridgehead atoms. The van der Waals surface area contributed by atoms with Crippen LogP contribution in [0.3, 0.4) is 0 Å². The summed E-state index contributed by atoms with van der Waals surface area (Å²) in [4.78, 5) is 26.9. The van der Waals surface area contributed by atoms with Gasteiger partial charge in [0, 0.05) is 17.7 Å². The summed E-state index contributed by atoms with van der Waals surface area (Å²) in [7, 11) is 0. The number of carbonyl (C=O) groups excluding carboxylic acids is 2. The zero-order valence-electron chi connectivity index (χ0n) is 15.1. The molecule has 1 aliphatic rings. The smallest absolute Gasteiger partial charge is 0.244 e. The van der Waals surface area contributed by atoms with Gasteiger partial charge >= 0.3 is 0 Å². The summed E-state index contributed by atoms with van der Waals surface area (Å²) in [6.45, 7) is 3.98. The van der Waals surface area contributed by atoms with E-state index >= 15 is 0 Å². The summed E-state index contributed by atoms with van der Waals surface area (Å²) < 4.78 is 13.4. The van der Waals surface area contributed by atoms with Crippen LogP contribution in [0.2, 0.25) is 0 Å². The van der Waals surface area contributed by atoms with Crippen LogP contribution in [-0.2, 0) is 9.59 Å². The van der Waals surface area contributed by atoms with Crippen molar-refractivity contribution >= 4 is 17.5 Å². The first-order valence-corrected chi connectivity index (χ1v) is 8.95. The van der Waals surface area contributed by atoms with Crippen molar-refractivity contribution in [1.82, 2.24) is 4.90 Å². The number of aryl methyl sites for hydroxylation is 1. The fourth-order valence-corrected chi connectivity index (χ4v) is 3.33. The summed E-state index contributed by atoms with van der Waals surface area (Å²) in [5, 5.41) is 2.89. The Balaban J connectivity index is 2.12. The monoisotopic (exact) mass is 354 g/mol. The van der Waals surface area contributed by atoms with Crippen LogP contribution in [0.25, 0.3) is 0 Å². The molecule has 1 N–H and O–H groups in total. The van der Waals surface area contributed by atoms with E-state index in [1.807, 2.05) is 32.0 Å². The minimum Gasteiger partial charge on any atom is -0.324 e. The number of unbranched alkanes of at least 4 members (excludes halogenated alkanes) is 1. The van der Waals surface area contributed by atoms with Crippen LogP contribution >= 0.6 is 0 Å². The minimum absolute atomic E-state index is 0.0156. The average molecular weight is 354 g/mol. The van der Waals surface area contributed by atoms with E-state index in [2.05, 4.69) is 5.32 Å². The van der Waals surface area contributed by atoms with Crippen molar-refractivity contribution < 1.29 is 14.0 Å². The van der Waals surface area contributed by atoms with Gasteiger partial charge in [-0.25, -0.2) is 4.39 Å². The number of benzene rings is 2. The molecule has 1 aliphatic heterocycles. The summed E-state index contributed by atoms with van der Waals surface area (Å²) in [5.41, 5.74) is 3.38. The summed E-state index contributed by atoms with van der Waals surface area (Å²) in [5.74, 6) is -0.611. The van der Waals surface area contributed by atoms with Crippen LogP contribution in [-0.4, -0.2) is 23.3 Å². The molecule has 1 heterocycles. The van der Waals surface area contributed by atoms with Crippen molar-refractivity contribution in [1.29, 1.82) is 0 Å². The van der Waals surface area contributed by atoms with Gasteiger partial charge in [0.1, 0.15) is 12.4 Å². The Labute approximate surface area is 153 Å². The van der Waals surface area contributed by atoms with Crippen LogP contribution in [0.5, 0.6) is 0 Å². The highest BCUT2D eigenvalue weighted by molar-refractivity contribution is 5.97. The van der Waals surface area contributed by atoms with Crippen molar-refractivity contribution in [2.45, 2.75) is 39.2 Å². The first kappa shape index (κ1) is 18.1. The molecule has 0 saturated heterocycles. The predicted octanol–water partition coefficient (Wildman–Crippen LogP) is 4.19. The number of halogens is 1. The van der Waals surface area contributed by atoms with Gasteiger partial charge in [-0.2, -0.15) is 0 Å². The van der Waals surface area contributed by atoms with Crippen molar-refractivity contribution in [3.63, 3.8) is 0 Å². The Morgan fingerprint density at radius 1 is 1.23 bits per heavy atom. The standard InChI is InChI=1S/C21H23FN2O2/c1-3-4-5-20(26)24-13-19(25)23-18-11-6-14(2)12-17(18)21(24)15-7-9-16(22)10-8-15/h6-12,21H,3-5,13H2,1-2H3,(H,23,25). The van der Waals surface area contributed by atoms with Crippen LogP contribution in [0, 0.1) is 12.7 Å². The zero-order valence-corrected chi connectivity index (χ0v) is 15.1. The van der Waals surface area contributed by atoms with Crippen molar-refractivity contribution in [2.24, 2.45) is 0 Å². The maximum absolute atomic E-state index is 13.4. The maximum atomic E-state index is 13.4. The highest BCUT2D eigenvalue weighted by Gasteiger charge is 2.33. The number of rotatable bonds is 4. The Bertz CT molecular complexity index is 817. The van der Waals surface area contributed by atoms with Gasteiger partial charge in [0.2, 0.25) is 11.8 Å². The molecule has 0 aliphatic carbocycles. The van der Waals surface area contributed by atoms with E-state index in [0.29, 0.717) is 12.1 Å². The van der Waals surface area contributed by atoms with Gasteiger partial charge in [-0.05, 0) is 37.1 Å². The molecule has 2 aromatic rings. The van der Waals surface area contributed by atoms with E-state index in [9.17, 15) is 14.0 Å². The number of amides is 2. The van der Waals surface area contributed by atoms with Crippen LogP contribution in [0.1, 0.15) is 48.9 Å². The van der Waals surface area contributed by atoms with E-state index in [-0.39, 0.29) is 24.2 Å². The Morgan fingerprint density at radius 2 is 1.96 bits per heavy atom. The molecule has 5 heteroatoms. The molecule has 0 radical (unpaired) electrons. The van der Waals surface area contributed by atoms with Crippen molar-refractivity contribution in [2.75, 3.05) is 11.9 Å². The molecular weight excluding hydrogens is 331 g/mol. The molecule has 2 aromatic carbocycles. The average Bonchev–Trinajstić information content (AvgIpc) is 2.76. The summed E-state index contributed by atoms with van der Waals surface area (Å²) >= 11 is 0. The maximum Gasteiger partial charge on any atom is 0.244 e. The number of anilines is 1. The Kier molecular flexibility index (Phi) is 5.35. The lowest BCUT2D eigenvalue weighted by atomic mass is 9.94. The number of hydrogen-bond acceptors (Lipinski definition) is 2. The molecule has 0 saturated carbocycles. The van der Waals surface area contributed by atoms with Gasteiger partial charge in [-0.3, -0.25) is 9.59 Å². The minimum atomic E-state index is -0.422. The van der Waals surface area contributed by atoms with Crippen LogP contribution in [0.15, 0.2) is 42.5 Å². The lowest BCUT2D eigenvalue weighted by Crippen LogP contribution is -2.38. The second-order valence-corrected chi connectivity index (χ2v) is 6.72. The zero-order chi connectivity index (χ0) is 18.7. The molecule has 26 heavy (non-hydrogen) atoms. The predicted molar refractivity (Wildman–Crippen MR) is 99.3 cm³/mol. The SMILES string of the molecule is CCCCC(=O)N1CC(=O)Nc2ccc(C)cc2C1c1ccc(F)cc1. The topological polar surface area (TPSA) is 49.4 Å². The van der Waals surface area contributed by atoms with E-state index in [1.165, 1.54) is 12.1 Å². The third kappa shape index (κ3) is 3.77. The Morgan fingerprint density at radius 3 is 2.65 bits per heavy atom.